The maximum absolute atomic E-state index is 12.7. The molecule has 6 heteroatoms. The minimum atomic E-state index is 0.124. The van der Waals surface area contributed by atoms with Gasteiger partial charge in [-0.05, 0) is 57.3 Å². The zero-order chi connectivity index (χ0) is 20.4. The van der Waals surface area contributed by atoms with Crippen molar-refractivity contribution in [3.05, 3.63) is 47.2 Å². The van der Waals surface area contributed by atoms with Crippen LogP contribution in [0.25, 0.3) is 0 Å². The average molecular weight is 394 g/mol. The standard InChI is InChI=1S/C23H31N5O/c1-16(2)14-27-12-9-18(10-13-27)22-25-17(3)20-7-8-21(29)28(23(20)26-22)15-19-6-4-5-11-24-19/h4-6,11,16,18H,7-10,12-15H2,1-3H3. The summed E-state index contributed by atoms with van der Waals surface area (Å²) < 4.78 is 0. The number of amides is 1. The van der Waals surface area contributed by atoms with Gasteiger partial charge in [0.1, 0.15) is 11.6 Å². The molecule has 1 saturated heterocycles. The second kappa shape index (κ2) is 8.57. The second-order valence-electron chi connectivity index (χ2n) is 8.74. The molecule has 6 nitrogen and oxygen atoms in total. The predicted octanol–water partition coefficient (Wildman–Crippen LogP) is 3.49. The van der Waals surface area contributed by atoms with Gasteiger partial charge in [0, 0.05) is 36.3 Å². The van der Waals surface area contributed by atoms with Crippen LogP contribution in [0.15, 0.2) is 24.4 Å². The number of carbonyl (C=O) groups is 1. The Morgan fingerprint density at radius 2 is 1.93 bits per heavy atom. The van der Waals surface area contributed by atoms with Crippen molar-refractivity contribution in [3.8, 4) is 0 Å². The molecule has 4 rings (SSSR count). The third kappa shape index (κ3) is 4.47. The van der Waals surface area contributed by atoms with Crippen LogP contribution in [0, 0.1) is 12.8 Å². The van der Waals surface area contributed by atoms with Gasteiger partial charge in [-0.2, -0.15) is 0 Å². The number of hydrogen-bond acceptors (Lipinski definition) is 5. The quantitative estimate of drug-likeness (QED) is 0.778. The highest BCUT2D eigenvalue weighted by Gasteiger charge is 2.30. The number of nitrogens with zero attached hydrogens (tertiary/aromatic N) is 5. The van der Waals surface area contributed by atoms with Crippen LogP contribution in [0.3, 0.4) is 0 Å². The molecule has 0 bridgehead atoms. The summed E-state index contributed by atoms with van der Waals surface area (Å²) in [4.78, 5) is 31.3. The van der Waals surface area contributed by atoms with E-state index in [0.717, 1.165) is 67.5 Å². The topological polar surface area (TPSA) is 62.2 Å². The first-order valence-electron chi connectivity index (χ1n) is 10.8. The number of likely N-dealkylation sites (tertiary alicyclic amines) is 1. The molecule has 154 valence electrons. The van der Waals surface area contributed by atoms with Gasteiger partial charge in [0.15, 0.2) is 0 Å². The summed E-state index contributed by atoms with van der Waals surface area (Å²) in [6.07, 6.45) is 5.17. The Morgan fingerprint density at radius 3 is 2.62 bits per heavy atom. The van der Waals surface area contributed by atoms with E-state index in [1.807, 2.05) is 23.1 Å². The molecule has 0 radical (unpaired) electrons. The lowest BCUT2D eigenvalue weighted by atomic mass is 9.94. The largest absolute Gasteiger partial charge is 0.303 e. The number of fused-ring (bicyclic) bond motifs is 1. The molecular weight excluding hydrogens is 362 g/mol. The van der Waals surface area contributed by atoms with E-state index >= 15 is 0 Å². The number of carbonyl (C=O) groups excluding carboxylic acids is 1. The van der Waals surface area contributed by atoms with Crippen LogP contribution in [0.4, 0.5) is 5.82 Å². The minimum Gasteiger partial charge on any atom is -0.303 e. The van der Waals surface area contributed by atoms with Gasteiger partial charge in [-0.1, -0.05) is 19.9 Å². The van der Waals surface area contributed by atoms with Crippen molar-refractivity contribution in [2.24, 2.45) is 5.92 Å². The molecule has 2 aromatic heterocycles. The fourth-order valence-corrected chi connectivity index (χ4v) is 4.49. The van der Waals surface area contributed by atoms with Gasteiger partial charge in [-0.25, -0.2) is 9.97 Å². The lowest BCUT2D eigenvalue weighted by Crippen LogP contribution is -2.38. The summed E-state index contributed by atoms with van der Waals surface area (Å²) in [6, 6.07) is 5.81. The van der Waals surface area contributed by atoms with Crippen molar-refractivity contribution in [2.45, 2.75) is 58.9 Å². The molecule has 2 aliphatic heterocycles. The van der Waals surface area contributed by atoms with Crippen LogP contribution >= 0.6 is 0 Å². The molecule has 0 atom stereocenters. The number of anilines is 1. The summed E-state index contributed by atoms with van der Waals surface area (Å²) >= 11 is 0. The lowest BCUT2D eigenvalue weighted by Gasteiger charge is -2.34. The van der Waals surface area contributed by atoms with Crippen LogP contribution in [0.5, 0.6) is 0 Å². The molecule has 0 unspecified atom stereocenters. The highest BCUT2D eigenvalue weighted by Crippen LogP contribution is 2.33. The van der Waals surface area contributed by atoms with Crippen molar-refractivity contribution in [1.82, 2.24) is 19.9 Å². The van der Waals surface area contributed by atoms with E-state index in [2.05, 4.69) is 30.7 Å². The first-order chi connectivity index (χ1) is 14.0. The number of pyridine rings is 1. The zero-order valence-electron chi connectivity index (χ0n) is 17.8. The van der Waals surface area contributed by atoms with Gasteiger partial charge in [-0.15, -0.1) is 0 Å². The highest BCUT2D eigenvalue weighted by molar-refractivity contribution is 5.95. The van der Waals surface area contributed by atoms with Gasteiger partial charge in [0.25, 0.3) is 0 Å². The van der Waals surface area contributed by atoms with E-state index in [4.69, 9.17) is 9.97 Å². The van der Waals surface area contributed by atoms with Gasteiger partial charge >= 0.3 is 0 Å². The molecule has 0 aliphatic carbocycles. The molecule has 4 heterocycles. The zero-order valence-corrected chi connectivity index (χ0v) is 17.8. The normalized spacial score (nSPS) is 18.3. The average Bonchev–Trinajstić information content (AvgIpc) is 2.71. The first-order valence-corrected chi connectivity index (χ1v) is 10.8. The number of piperidine rings is 1. The Bertz CT molecular complexity index is 859. The summed E-state index contributed by atoms with van der Waals surface area (Å²) in [5.74, 6) is 2.90. The summed E-state index contributed by atoms with van der Waals surface area (Å²) in [5, 5.41) is 0. The third-order valence-electron chi connectivity index (χ3n) is 5.98. The van der Waals surface area contributed by atoms with E-state index in [1.54, 1.807) is 6.20 Å². The Morgan fingerprint density at radius 1 is 1.14 bits per heavy atom. The van der Waals surface area contributed by atoms with E-state index in [0.29, 0.717) is 24.8 Å². The summed E-state index contributed by atoms with van der Waals surface area (Å²) in [5.41, 5.74) is 3.02. The maximum Gasteiger partial charge on any atom is 0.228 e. The van der Waals surface area contributed by atoms with Gasteiger partial charge in [0.2, 0.25) is 5.91 Å². The molecule has 0 N–H and O–H groups in total. The van der Waals surface area contributed by atoms with E-state index in [1.165, 1.54) is 0 Å². The molecule has 29 heavy (non-hydrogen) atoms. The Kier molecular flexibility index (Phi) is 5.90. The molecule has 1 amide bonds. The molecule has 0 spiro atoms. The fraction of sp³-hybridized carbons (Fsp3) is 0.565. The van der Waals surface area contributed by atoms with Crippen LogP contribution in [-0.2, 0) is 17.8 Å². The number of hydrogen-bond donors (Lipinski definition) is 0. The molecule has 0 saturated carbocycles. The summed E-state index contributed by atoms with van der Waals surface area (Å²) in [6.45, 7) is 10.4. The number of rotatable bonds is 5. The van der Waals surface area contributed by atoms with Gasteiger partial charge < -0.3 is 4.90 Å². The molecular formula is C23H31N5O. The highest BCUT2D eigenvalue weighted by atomic mass is 16.2. The number of aryl methyl sites for hydroxylation is 1. The van der Waals surface area contributed by atoms with Crippen LogP contribution in [0.1, 0.15) is 61.8 Å². The minimum absolute atomic E-state index is 0.124. The van der Waals surface area contributed by atoms with Crippen molar-refractivity contribution >= 4 is 11.7 Å². The fourth-order valence-electron chi connectivity index (χ4n) is 4.49. The molecule has 2 aliphatic rings. The lowest BCUT2D eigenvalue weighted by molar-refractivity contribution is -0.119. The SMILES string of the molecule is Cc1nc(C2CCN(CC(C)C)CC2)nc2c1CCC(=O)N2Cc1ccccn1. The third-order valence-corrected chi connectivity index (χ3v) is 5.98. The van der Waals surface area contributed by atoms with Crippen LogP contribution in [0.2, 0.25) is 0 Å². The maximum atomic E-state index is 12.7. The Labute approximate surface area is 173 Å². The van der Waals surface area contributed by atoms with E-state index in [9.17, 15) is 4.79 Å². The molecule has 1 fully saturated rings. The number of aromatic nitrogens is 3. The Hall–Kier alpha value is -2.34. The van der Waals surface area contributed by atoms with E-state index < -0.39 is 0 Å². The second-order valence-corrected chi connectivity index (χ2v) is 8.74. The van der Waals surface area contributed by atoms with Crippen molar-refractivity contribution in [2.75, 3.05) is 24.5 Å². The van der Waals surface area contributed by atoms with Crippen LogP contribution in [-0.4, -0.2) is 45.4 Å². The molecule has 2 aromatic rings. The van der Waals surface area contributed by atoms with E-state index in [-0.39, 0.29) is 5.91 Å². The van der Waals surface area contributed by atoms with Crippen LogP contribution < -0.4 is 4.90 Å². The predicted molar refractivity (Wildman–Crippen MR) is 114 cm³/mol. The molecule has 0 aromatic carbocycles. The summed E-state index contributed by atoms with van der Waals surface area (Å²) in [7, 11) is 0. The van der Waals surface area contributed by atoms with Crippen molar-refractivity contribution < 1.29 is 4.79 Å². The van der Waals surface area contributed by atoms with Gasteiger partial charge in [-0.3, -0.25) is 14.7 Å². The first kappa shape index (κ1) is 20.0. The van der Waals surface area contributed by atoms with Gasteiger partial charge in [0.05, 0.1) is 12.2 Å². The Balaban J connectivity index is 1.58. The smallest absolute Gasteiger partial charge is 0.228 e. The van der Waals surface area contributed by atoms with Crippen molar-refractivity contribution in [3.63, 3.8) is 0 Å². The monoisotopic (exact) mass is 393 g/mol. The van der Waals surface area contributed by atoms with Crippen molar-refractivity contribution in [1.29, 1.82) is 0 Å².